The number of hydrogen-bond acceptors (Lipinski definition) is 6. The molecule has 8 aliphatic rings. The van der Waals surface area contributed by atoms with Gasteiger partial charge in [-0.25, -0.2) is 0 Å². The van der Waals surface area contributed by atoms with Crippen molar-refractivity contribution in [3.05, 3.63) is 0 Å². The van der Waals surface area contributed by atoms with Crippen molar-refractivity contribution in [2.45, 2.75) is 194 Å². The quantitative estimate of drug-likeness (QED) is 0.139. The molecule has 318 valence electrons. The van der Waals surface area contributed by atoms with Crippen LogP contribution in [0.1, 0.15) is 164 Å². The van der Waals surface area contributed by atoms with Crippen LogP contribution in [0.5, 0.6) is 0 Å². The second-order valence-corrected chi connectivity index (χ2v) is 23.0. The average Bonchev–Trinajstić information content (AvgIpc) is 3.69. The number of nitrogens with one attached hydrogen (secondary N) is 1. The average molecular weight is 782 g/mol. The maximum atomic E-state index is 13.6. The number of aliphatic hydroxyl groups excluding tert-OH is 4. The minimum Gasteiger partial charge on any atom is -0.481 e. The van der Waals surface area contributed by atoms with E-state index in [1.54, 1.807) is 0 Å². The lowest BCUT2D eigenvalue weighted by Crippen LogP contribution is -2.63. The summed E-state index contributed by atoms with van der Waals surface area (Å²) in [5, 5.41) is 58.8. The Morgan fingerprint density at radius 1 is 0.607 bits per heavy atom. The molecule has 0 radical (unpaired) electrons. The highest BCUT2D eigenvalue weighted by Gasteiger charge is 2.66. The van der Waals surface area contributed by atoms with E-state index in [4.69, 9.17) is 0 Å². The first-order valence-corrected chi connectivity index (χ1v) is 23.6. The van der Waals surface area contributed by atoms with Crippen LogP contribution in [0.2, 0.25) is 0 Å². The molecule has 0 heterocycles. The zero-order chi connectivity index (χ0) is 40.1. The fourth-order valence-electron chi connectivity index (χ4n) is 17.9. The Bertz CT molecular complexity index is 1470. The van der Waals surface area contributed by atoms with Gasteiger partial charge in [-0.2, -0.15) is 0 Å². The van der Waals surface area contributed by atoms with Crippen LogP contribution < -0.4 is 5.32 Å². The van der Waals surface area contributed by atoms with Crippen molar-refractivity contribution in [3.63, 3.8) is 0 Å². The summed E-state index contributed by atoms with van der Waals surface area (Å²) >= 11 is 0. The summed E-state index contributed by atoms with van der Waals surface area (Å²) in [6.07, 6.45) is 15.8. The van der Waals surface area contributed by atoms with Gasteiger partial charge in [-0.15, -0.1) is 0 Å². The van der Waals surface area contributed by atoms with Crippen molar-refractivity contribution >= 4 is 11.9 Å². The molecule has 1 unspecified atom stereocenters. The lowest BCUT2D eigenvalue weighted by molar-refractivity contribution is -0.202. The molecule has 8 aliphatic carbocycles. The van der Waals surface area contributed by atoms with Crippen LogP contribution in [0.3, 0.4) is 0 Å². The summed E-state index contributed by atoms with van der Waals surface area (Å²) in [7, 11) is 0. The molecule has 0 saturated heterocycles. The summed E-state index contributed by atoms with van der Waals surface area (Å²) in [5.74, 6) is 3.86. The van der Waals surface area contributed by atoms with Crippen LogP contribution in [-0.4, -0.2) is 67.9 Å². The highest BCUT2D eigenvalue weighted by molar-refractivity contribution is 5.76. The van der Waals surface area contributed by atoms with Crippen molar-refractivity contribution in [2.24, 2.45) is 92.7 Å². The number of aliphatic hydroxyl groups is 4. The molecule has 0 aromatic rings. The third-order valence-electron chi connectivity index (χ3n) is 21.0. The Kier molecular flexibility index (Phi) is 11.2. The molecule has 8 rings (SSSR count). The Morgan fingerprint density at radius 3 is 1.88 bits per heavy atom. The Balaban J connectivity index is 0.856. The lowest BCUT2D eigenvalue weighted by Gasteiger charge is -2.63. The number of rotatable bonds is 9. The molecule has 56 heavy (non-hydrogen) atoms. The molecule has 8 fully saturated rings. The molecule has 0 aromatic heterocycles. The number of hydrogen-bond donors (Lipinski definition) is 6. The molecule has 1 amide bonds. The fraction of sp³-hybridized carbons (Fsp3) is 0.958. The Hall–Kier alpha value is -1.22. The first-order valence-electron chi connectivity index (χ1n) is 23.6. The number of carboxylic acids is 1. The first-order chi connectivity index (χ1) is 26.4. The van der Waals surface area contributed by atoms with Crippen LogP contribution in [0, 0.1) is 92.7 Å². The monoisotopic (exact) mass is 782 g/mol. The molecule has 21 atom stereocenters. The van der Waals surface area contributed by atoms with E-state index in [9.17, 15) is 35.1 Å². The van der Waals surface area contributed by atoms with E-state index >= 15 is 0 Å². The van der Waals surface area contributed by atoms with Crippen LogP contribution in [-0.2, 0) is 9.59 Å². The van der Waals surface area contributed by atoms with E-state index < -0.39 is 18.2 Å². The molecule has 0 spiro atoms. The predicted molar refractivity (Wildman–Crippen MR) is 217 cm³/mol. The van der Waals surface area contributed by atoms with Gasteiger partial charge in [0.15, 0.2) is 0 Å². The zero-order valence-electron chi connectivity index (χ0n) is 35.8. The summed E-state index contributed by atoms with van der Waals surface area (Å²) < 4.78 is 0. The van der Waals surface area contributed by atoms with Crippen LogP contribution in [0.4, 0.5) is 0 Å². The van der Waals surface area contributed by atoms with Gasteiger partial charge in [0.25, 0.3) is 0 Å². The van der Waals surface area contributed by atoms with Gasteiger partial charge in [0, 0.05) is 18.9 Å². The second-order valence-electron chi connectivity index (χ2n) is 23.0. The minimum absolute atomic E-state index is 0.0326. The topological polar surface area (TPSA) is 147 Å². The number of carboxylic acid groups (broad SMARTS) is 1. The smallest absolute Gasteiger partial charge is 0.303 e. The SMILES string of the molecule is C[C@H](CCC(=O)O)C1CC[C@H]2[C@@H]3[C@H](O)C[C@@H]4C[C@@H](NC(=O)CC[C@@H](C)[C@H]5CC[C@H]6[C@@H]7[C@H](O)C[C@@H]8C[C@H](O)CC[C@]8(C)[C@H]7CC[C@]56C)CC[C@]4(C)[C@H]3C[C@H](O)[C@]12C. The highest BCUT2D eigenvalue weighted by atomic mass is 16.4. The van der Waals surface area contributed by atoms with Gasteiger partial charge < -0.3 is 30.8 Å². The number of fused-ring (bicyclic) bond motifs is 10. The van der Waals surface area contributed by atoms with Gasteiger partial charge in [0.05, 0.1) is 24.4 Å². The standard InChI is InChI=1S/C48H79NO7/c1-26(32-9-11-34-43-35(17-20-47(32,34)5)45(3)19-16-31(50)22-29(45)24-38(43)51)7-13-41(54)49-30-15-18-46(4)28(21-30)23-39(52)44-36-12-10-33(27(2)8-14-42(55)56)48(36,6)40(53)25-37(44)46/h26-40,43-44,50-53H,7-25H2,1-6H3,(H,49,54)(H,55,56)/t26-,27-,28+,29+,30+,31-,32-,33?,34+,35+,36+,37+,38-,39-,40+,43+,44+,45+,46+,47-,48-/m1/s1. The molecule has 0 aliphatic heterocycles. The minimum atomic E-state index is -0.755. The van der Waals surface area contributed by atoms with Gasteiger partial charge in [-0.3, -0.25) is 9.59 Å². The predicted octanol–water partition coefficient (Wildman–Crippen LogP) is 7.98. The number of carbonyl (C=O) groups excluding carboxylic acids is 1. The maximum Gasteiger partial charge on any atom is 0.303 e. The van der Waals surface area contributed by atoms with Gasteiger partial charge in [0.1, 0.15) is 0 Å². The highest BCUT2D eigenvalue weighted by Crippen LogP contribution is 2.70. The van der Waals surface area contributed by atoms with Crippen LogP contribution in [0.25, 0.3) is 0 Å². The summed E-state index contributed by atoms with van der Waals surface area (Å²) in [6, 6.07) is 0.131. The van der Waals surface area contributed by atoms with Crippen molar-refractivity contribution in [1.29, 1.82) is 0 Å². The summed E-state index contributed by atoms with van der Waals surface area (Å²) in [5.41, 5.74) is 0.195. The summed E-state index contributed by atoms with van der Waals surface area (Å²) in [4.78, 5) is 25.0. The number of aliphatic carboxylic acids is 1. The number of carbonyl (C=O) groups is 2. The van der Waals surface area contributed by atoms with E-state index in [0.29, 0.717) is 60.7 Å². The summed E-state index contributed by atoms with van der Waals surface area (Å²) in [6.45, 7) is 14.2. The lowest BCUT2D eigenvalue weighted by atomic mass is 9.43. The normalized spacial score (nSPS) is 53.3. The van der Waals surface area contributed by atoms with E-state index in [1.165, 1.54) is 25.7 Å². The van der Waals surface area contributed by atoms with Crippen molar-refractivity contribution in [2.75, 3.05) is 0 Å². The maximum absolute atomic E-state index is 13.6. The number of amides is 1. The zero-order valence-corrected chi connectivity index (χ0v) is 35.8. The molecule has 8 saturated carbocycles. The molecular formula is C48H79NO7. The molecular weight excluding hydrogens is 703 g/mol. The van der Waals surface area contributed by atoms with E-state index in [2.05, 4.69) is 46.9 Å². The Labute approximate surface area is 338 Å². The van der Waals surface area contributed by atoms with Crippen LogP contribution in [0.15, 0.2) is 0 Å². The van der Waals surface area contributed by atoms with E-state index in [-0.39, 0.29) is 81.8 Å². The molecule has 8 heteroatoms. The van der Waals surface area contributed by atoms with Crippen molar-refractivity contribution in [3.8, 4) is 0 Å². The largest absolute Gasteiger partial charge is 0.481 e. The molecule has 8 nitrogen and oxygen atoms in total. The van der Waals surface area contributed by atoms with Gasteiger partial charge in [-0.05, 0) is 202 Å². The van der Waals surface area contributed by atoms with Gasteiger partial charge in [-0.1, -0.05) is 41.5 Å². The molecule has 0 bridgehead atoms. The van der Waals surface area contributed by atoms with Gasteiger partial charge in [0.2, 0.25) is 5.91 Å². The third-order valence-corrected chi connectivity index (χ3v) is 21.0. The van der Waals surface area contributed by atoms with Crippen molar-refractivity contribution < 1.29 is 35.1 Å². The van der Waals surface area contributed by atoms with E-state index in [0.717, 1.165) is 70.6 Å². The van der Waals surface area contributed by atoms with E-state index in [1.807, 2.05) is 0 Å². The fourth-order valence-corrected chi connectivity index (χ4v) is 17.9. The van der Waals surface area contributed by atoms with Crippen LogP contribution >= 0.6 is 0 Å². The first kappa shape index (κ1) is 41.5. The van der Waals surface area contributed by atoms with Gasteiger partial charge >= 0.3 is 5.97 Å². The molecule has 6 N–H and O–H groups in total. The Morgan fingerprint density at radius 2 is 1.16 bits per heavy atom. The second kappa shape index (κ2) is 15.0. The third kappa shape index (κ3) is 6.57. The molecule has 0 aromatic carbocycles. The van der Waals surface area contributed by atoms with Crippen molar-refractivity contribution in [1.82, 2.24) is 5.32 Å².